The van der Waals surface area contributed by atoms with Crippen molar-refractivity contribution in [3.05, 3.63) is 65.1 Å². The largest absolute Gasteiger partial charge is 0.497 e. The molecule has 0 spiro atoms. The van der Waals surface area contributed by atoms with Crippen LogP contribution in [0.5, 0.6) is 5.75 Å². The van der Waals surface area contributed by atoms with Crippen LogP contribution in [0.25, 0.3) is 0 Å². The summed E-state index contributed by atoms with van der Waals surface area (Å²) >= 11 is 1.93. The van der Waals surface area contributed by atoms with Gasteiger partial charge < -0.3 is 15.0 Å². The van der Waals surface area contributed by atoms with Crippen molar-refractivity contribution in [3.8, 4) is 5.75 Å². The molecule has 0 bridgehead atoms. The number of ether oxygens (including phenoxy) is 1. The average molecular weight is 449 g/mol. The Morgan fingerprint density at radius 2 is 2.03 bits per heavy atom. The van der Waals surface area contributed by atoms with Crippen LogP contribution in [0.4, 0.5) is 11.4 Å². The molecule has 0 saturated carbocycles. The Balaban J connectivity index is 1.36. The van der Waals surface area contributed by atoms with Crippen LogP contribution in [-0.2, 0) is 6.42 Å². The Kier molecular flexibility index (Phi) is 6.15. The van der Waals surface area contributed by atoms with E-state index in [1.807, 2.05) is 17.8 Å². The minimum atomic E-state index is 0.301. The van der Waals surface area contributed by atoms with E-state index >= 15 is 0 Å². The number of hydrogen-bond donors (Lipinski definition) is 1. The molecule has 2 unspecified atom stereocenters. The van der Waals surface area contributed by atoms with Gasteiger partial charge in [0, 0.05) is 25.7 Å². The summed E-state index contributed by atoms with van der Waals surface area (Å²) in [6.45, 7) is 5.31. The number of anilines is 1. The number of nitrogens with one attached hydrogen (secondary N) is 1. The van der Waals surface area contributed by atoms with Gasteiger partial charge in [0.1, 0.15) is 11.6 Å². The van der Waals surface area contributed by atoms with E-state index in [4.69, 9.17) is 9.73 Å². The van der Waals surface area contributed by atoms with Gasteiger partial charge >= 0.3 is 0 Å². The SMILES string of the molecule is COc1cccc(CC[C@H]2CN(C3=Nc4ccccc4NC4SC(C)=CC34)CCN2C)c1. The van der Waals surface area contributed by atoms with Gasteiger partial charge in [0.25, 0.3) is 0 Å². The quantitative estimate of drug-likeness (QED) is 0.713. The standard InChI is InChI=1S/C26H32N4OS/c1-18-15-22-25(27-23-9-4-5-10-24(23)28-26(22)32-18)30-14-13-29(2)20(17-30)12-11-19-7-6-8-21(16-19)31-3/h4-10,15-16,20,22,26,28H,11-14,17H2,1-3H3/t20-,22?,26?/m0/s1. The van der Waals surface area contributed by atoms with Crippen molar-refractivity contribution in [1.82, 2.24) is 9.80 Å². The van der Waals surface area contributed by atoms with Gasteiger partial charge in [-0.15, -0.1) is 11.8 Å². The Morgan fingerprint density at radius 1 is 1.16 bits per heavy atom. The Bertz CT molecular complexity index is 1040. The van der Waals surface area contributed by atoms with Gasteiger partial charge in [-0.05, 0) is 61.5 Å². The number of methoxy groups -OCH3 is 1. The zero-order valence-corrected chi connectivity index (χ0v) is 19.9. The first-order valence-corrected chi connectivity index (χ1v) is 12.4. The normalized spacial score (nSPS) is 25.2. The molecule has 168 valence electrons. The Labute approximate surface area is 195 Å². The fourth-order valence-electron chi connectivity index (χ4n) is 4.94. The monoisotopic (exact) mass is 448 g/mol. The highest BCUT2D eigenvalue weighted by Crippen LogP contribution is 2.43. The maximum atomic E-state index is 5.41. The van der Waals surface area contributed by atoms with Gasteiger partial charge in [0.15, 0.2) is 0 Å². The minimum Gasteiger partial charge on any atom is -0.497 e. The maximum Gasteiger partial charge on any atom is 0.119 e. The third kappa shape index (κ3) is 4.39. The van der Waals surface area contributed by atoms with Crippen molar-refractivity contribution in [1.29, 1.82) is 0 Å². The molecule has 2 aromatic rings. The first kappa shape index (κ1) is 21.4. The van der Waals surface area contributed by atoms with Crippen LogP contribution in [0.2, 0.25) is 0 Å². The fourth-order valence-corrected chi connectivity index (χ4v) is 6.09. The van der Waals surface area contributed by atoms with E-state index in [2.05, 4.69) is 77.6 Å². The highest BCUT2D eigenvalue weighted by atomic mass is 32.2. The predicted molar refractivity (Wildman–Crippen MR) is 135 cm³/mol. The Morgan fingerprint density at radius 3 is 2.91 bits per heavy atom. The molecule has 0 amide bonds. The van der Waals surface area contributed by atoms with Gasteiger partial charge in [-0.25, -0.2) is 4.99 Å². The summed E-state index contributed by atoms with van der Waals surface area (Å²) in [4.78, 5) is 11.7. The lowest BCUT2D eigenvalue weighted by Gasteiger charge is -2.42. The average Bonchev–Trinajstić information content (AvgIpc) is 3.10. The third-order valence-electron chi connectivity index (χ3n) is 6.79. The highest BCUT2D eigenvalue weighted by Gasteiger charge is 2.37. The van der Waals surface area contributed by atoms with E-state index < -0.39 is 0 Å². The lowest BCUT2D eigenvalue weighted by atomic mass is 10.00. The second-order valence-electron chi connectivity index (χ2n) is 8.94. The lowest BCUT2D eigenvalue weighted by Crippen LogP contribution is -2.55. The number of nitrogens with zero attached hydrogens (tertiary/aromatic N) is 3. The van der Waals surface area contributed by atoms with Crippen LogP contribution in [0.1, 0.15) is 18.9 Å². The minimum absolute atomic E-state index is 0.301. The molecule has 1 saturated heterocycles. The lowest BCUT2D eigenvalue weighted by molar-refractivity contribution is 0.131. The first-order valence-electron chi connectivity index (χ1n) is 11.5. The van der Waals surface area contributed by atoms with E-state index in [9.17, 15) is 0 Å². The maximum absolute atomic E-state index is 5.41. The second kappa shape index (κ2) is 9.20. The number of allylic oxidation sites excluding steroid dienone is 1. The number of para-hydroxylation sites is 2. The molecule has 3 heterocycles. The van der Waals surface area contributed by atoms with Crippen LogP contribution in [-0.4, -0.2) is 60.8 Å². The molecule has 3 atom stereocenters. The topological polar surface area (TPSA) is 40.1 Å². The molecule has 3 aliphatic heterocycles. The van der Waals surface area contributed by atoms with Crippen LogP contribution in [0.15, 0.2) is 64.5 Å². The van der Waals surface area contributed by atoms with E-state index in [1.54, 1.807) is 7.11 Å². The molecule has 1 N–H and O–H groups in total. The molecule has 3 aliphatic rings. The van der Waals surface area contributed by atoms with Crippen LogP contribution < -0.4 is 10.1 Å². The molecule has 0 radical (unpaired) electrons. The zero-order valence-electron chi connectivity index (χ0n) is 19.1. The highest BCUT2D eigenvalue weighted by molar-refractivity contribution is 8.04. The summed E-state index contributed by atoms with van der Waals surface area (Å²) in [6, 6.07) is 17.4. The number of benzene rings is 2. The van der Waals surface area contributed by atoms with E-state index in [0.29, 0.717) is 17.3 Å². The van der Waals surface area contributed by atoms with Crippen molar-refractivity contribution in [2.24, 2.45) is 10.9 Å². The van der Waals surface area contributed by atoms with Crippen molar-refractivity contribution in [2.75, 3.05) is 39.1 Å². The molecule has 5 rings (SSSR count). The molecule has 6 heteroatoms. The van der Waals surface area contributed by atoms with Gasteiger partial charge in [0.05, 0.1) is 29.8 Å². The van der Waals surface area contributed by atoms with Crippen LogP contribution >= 0.6 is 11.8 Å². The van der Waals surface area contributed by atoms with Crippen molar-refractivity contribution in [3.63, 3.8) is 0 Å². The molecular formula is C26H32N4OS. The molecular weight excluding hydrogens is 416 g/mol. The third-order valence-corrected chi connectivity index (χ3v) is 7.96. The number of thioether (sulfide) groups is 1. The molecule has 0 aromatic heterocycles. The van der Waals surface area contributed by atoms with E-state index in [1.165, 1.54) is 16.3 Å². The first-order chi connectivity index (χ1) is 15.6. The number of piperazine rings is 1. The number of rotatable bonds is 4. The summed E-state index contributed by atoms with van der Waals surface area (Å²) in [5, 5.41) is 4.06. The summed E-state index contributed by atoms with van der Waals surface area (Å²) < 4.78 is 5.41. The number of hydrogen-bond acceptors (Lipinski definition) is 6. The van der Waals surface area contributed by atoms with Gasteiger partial charge in [-0.2, -0.15) is 0 Å². The number of likely N-dealkylation sites (N-methyl/N-ethyl adjacent to an activating group) is 1. The van der Waals surface area contributed by atoms with E-state index in [-0.39, 0.29) is 0 Å². The van der Waals surface area contributed by atoms with Gasteiger partial charge in [0.2, 0.25) is 0 Å². The molecule has 5 nitrogen and oxygen atoms in total. The second-order valence-corrected chi connectivity index (χ2v) is 10.3. The predicted octanol–water partition coefficient (Wildman–Crippen LogP) is 4.99. The zero-order chi connectivity index (χ0) is 22.1. The summed E-state index contributed by atoms with van der Waals surface area (Å²) in [5.74, 6) is 2.46. The summed E-state index contributed by atoms with van der Waals surface area (Å²) in [6.07, 6.45) is 4.58. The van der Waals surface area contributed by atoms with E-state index in [0.717, 1.165) is 49.6 Å². The molecule has 0 aliphatic carbocycles. The van der Waals surface area contributed by atoms with Crippen molar-refractivity contribution < 1.29 is 4.74 Å². The molecule has 2 aromatic carbocycles. The van der Waals surface area contributed by atoms with Gasteiger partial charge in [-0.3, -0.25) is 4.90 Å². The fraction of sp³-hybridized carbons (Fsp3) is 0.423. The van der Waals surface area contributed by atoms with Gasteiger partial charge in [-0.1, -0.05) is 30.3 Å². The smallest absolute Gasteiger partial charge is 0.119 e. The summed E-state index contributed by atoms with van der Waals surface area (Å²) in [5.41, 5.74) is 3.53. The molecule has 32 heavy (non-hydrogen) atoms. The van der Waals surface area contributed by atoms with Crippen LogP contribution in [0.3, 0.4) is 0 Å². The summed E-state index contributed by atoms with van der Waals surface area (Å²) in [7, 11) is 3.99. The number of fused-ring (bicyclic) bond motifs is 2. The van der Waals surface area contributed by atoms with Crippen molar-refractivity contribution >= 4 is 29.0 Å². The van der Waals surface area contributed by atoms with Crippen molar-refractivity contribution in [2.45, 2.75) is 31.2 Å². The number of amidine groups is 1. The number of aryl methyl sites for hydroxylation is 1. The number of aliphatic imine (C=N–C) groups is 1. The van der Waals surface area contributed by atoms with Crippen LogP contribution in [0, 0.1) is 5.92 Å². The Hall–Kier alpha value is -2.44. The molecule has 1 fully saturated rings.